The van der Waals surface area contributed by atoms with Gasteiger partial charge in [-0.25, -0.2) is 0 Å². The Morgan fingerprint density at radius 1 is 0.357 bits per heavy atom. The van der Waals surface area contributed by atoms with Crippen LogP contribution >= 0.6 is 34.8 Å². The fraction of sp³-hybridized carbons (Fsp3) is 0.273. The molecule has 0 aromatic heterocycles. The van der Waals surface area contributed by atoms with Crippen molar-refractivity contribution in [3.63, 3.8) is 0 Å². The van der Waals surface area contributed by atoms with Gasteiger partial charge in [-0.2, -0.15) is 0 Å². The van der Waals surface area contributed by atoms with Gasteiger partial charge in [0.1, 0.15) is 19.6 Å². The SMILES string of the molecule is Clc1ccc(CC[NH2+]Cc2cc(C[NH2+]CCc3ccc(Cl)cc3)cc(C[NH2+]CCc3ccc(Cl)cc3)c2)cc1.[Cl-].[Cl-].[Cl-]. The first-order chi connectivity index (χ1) is 19.0. The van der Waals surface area contributed by atoms with Crippen LogP contribution < -0.4 is 53.2 Å². The summed E-state index contributed by atoms with van der Waals surface area (Å²) in [7, 11) is 0. The number of hydrogen-bond acceptors (Lipinski definition) is 0. The minimum atomic E-state index is 0. The number of hydrogen-bond donors (Lipinski definition) is 3. The van der Waals surface area contributed by atoms with Crippen LogP contribution in [0.2, 0.25) is 15.1 Å². The van der Waals surface area contributed by atoms with E-state index in [2.05, 4.69) is 70.5 Å². The van der Waals surface area contributed by atoms with Gasteiger partial charge in [-0.3, -0.25) is 0 Å². The zero-order valence-electron chi connectivity index (χ0n) is 23.5. The molecule has 0 spiro atoms. The van der Waals surface area contributed by atoms with Gasteiger partial charge in [0.2, 0.25) is 0 Å². The molecule has 0 heterocycles. The molecule has 0 unspecified atom stereocenters. The molecule has 42 heavy (non-hydrogen) atoms. The van der Waals surface area contributed by atoms with Crippen molar-refractivity contribution in [2.75, 3.05) is 19.6 Å². The van der Waals surface area contributed by atoms with E-state index in [0.717, 1.165) is 73.6 Å². The summed E-state index contributed by atoms with van der Waals surface area (Å²) >= 11 is 18.1. The largest absolute Gasteiger partial charge is 1.00 e. The van der Waals surface area contributed by atoms with Crippen LogP contribution in [0.1, 0.15) is 33.4 Å². The van der Waals surface area contributed by atoms with E-state index in [1.807, 2.05) is 36.4 Å². The zero-order valence-corrected chi connectivity index (χ0v) is 28.1. The Labute approximate surface area is 284 Å². The third kappa shape index (κ3) is 14.3. The molecule has 228 valence electrons. The molecule has 0 saturated heterocycles. The van der Waals surface area contributed by atoms with Gasteiger partial charge >= 0.3 is 0 Å². The molecule has 4 rings (SSSR count). The van der Waals surface area contributed by atoms with Gasteiger partial charge in [0.15, 0.2) is 0 Å². The summed E-state index contributed by atoms with van der Waals surface area (Å²) in [5, 5.41) is 9.61. The quantitative estimate of drug-likeness (QED) is 0.106. The van der Waals surface area contributed by atoms with E-state index in [1.54, 1.807) is 0 Å². The van der Waals surface area contributed by atoms with E-state index in [9.17, 15) is 0 Å². The van der Waals surface area contributed by atoms with Crippen LogP contribution in [0.3, 0.4) is 0 Å². The second-order valence-corrected chi connectivity index (χ2v) is 11.4. The van der Waals surface area contributed by atoms with Crippen LogP contribution in [0.15, 0.2) is 91.0 Å². The highest BCUT2D eigenvalue weighted by atomic mass is 35.5. The lowest BCUT2D eigenvalue weighted by Gasteiger charge is -2.10. The standard InChI is InChI=1S/C33H36Cl3N3.3ClH/c34-31-7-1-25(2-8-31)13-16-37-22-28-19-29(23-38-17-14-26-3-9-32(35)10-4-26)21-30(20-28)24-39-18-15-27-5-11-33(36)12-6-27;;;/h1-12,19-21,37-39H,13-18,22-24H2;3*1H. The Morgan fingerprint density at radius 3 is 0.833 bits per heavy atom. The summed E-state index contributed by atoms with van der Waals surface area (Å²) < 4.78 is 0. The Balaban J connectivity index is 0.00000294. The molecule has 0 bridgehead atoms. The molecular formula is C33H39Cl6N3. The first-order valence-corrected chi connectivity index (χ1v) is 15.0. The molecule has 0 amide bonds. The fourth-order valence-electron chi connectivity index (χ4n) is 4.76. The normalized spacial score (nSPS) is 10.4. The summed E-state index contributed by atoms with van der Waals surface area (Å²) in [6, 6.07) is 31.7. The van der Waals surface area contributed by atoms with Crippen molar-refractivity contribution in [3.05, 3.63) is 139 Å². The molecule has 4 aromatic carbocycles. The summed E-state index contributed by atoms with van der Waals surface area (Å²) in [5.74, 6) is 0. The van der Waals surface area contributed by atoms with Crippen molar-refractivity contribution >= 4 is 34.8 Å². The van der Waals surface area contributed by atoms with Gasteiger partial charge in [0, 0.05) is 51.0 Å². The number of quaternary nitrogens is 3. The Bertz CT molecular complexity index is 1110. The molecule has 9 heteroatoms. The van der Waals surface area contributed by atoms with Crippen molar-refractivity contribution in [2.45, 2.75) is 38.9 Å². The minimum Gasteiger partial charge on any atom is -1.00 e. The molecule has 0 radical (unpaired) electrons. The highest BCUT2D eigenvalue weighted by molar-refractivity contribution is 6.31. The van der Waals surface area contributed by atoms with Crippen molar-refractivity contribution in [2.24, 2.45) is 0 Å². The number of halogens is 6. The van der Waals surface area contributed by atoms with Crippen molar-refractivity contribution < 1.29 is 53.2 Å². The average Bonchev–Trinajstić information content (AvgIpc) is 2.94. The number of rotatable bonds is 15. The predicted molar refractivity (Wildman–Crippen MR) is 163 cm³/mol. The van der Waals surface area contributed by atoms with E-state index in [1.165, 1.54) is 33.4 Å². The lowest BCUT2D eigenvalue weighted by atomic mass is 10.0. The highest BCUT2D eigenvalue weighted by Gasteiger charge is 2.07. The van der Waals surface area contributed by atoms with Crippen LogP contribution in [0.4, 0.5) is 0 Å². The number of nitrogens with two attached hydrogens (primary N) is 3. The molecule has 6 N–H and O–H groups in total. The van der Waals surface area contributed by atoms with E-state index in [-0.39, 0.29) is 37.2 Å². The lowest BCUT2D eigenvalue weighted by Crippen LogP contribution is -3.00. The maximum Gasteiger partial charge on any atom is 0.101 e. The van der Waals surface area contributed by atoms with Gasteiger partial charge in [0.05, 0.1) is 19.6 Å². The zero-order chi connectivity index (χ0) is 27.3. The van der Waals surface area contributed by atoms with Crippen LogP contribution in [0, 0.1) is 0 Å². The number of benzene rings is 4. The molecule has 4 aromatic rings. The molecule has 0 fully saturated rings. The monoisotopic (exact) mass is 687 g/mol. The van der Waals surface area contributed by atoms with Gasteiger partial charge in [-0.1, -0.05) is 71.2 Å². The maximum absolute atomic E-state index is 6.02. The molecule has 0 aliphatic carbocycles. The second kappa shape index (κ2) is 21.2. The fourth-order valence-corrected chi connectivity index (χ4v) is 5.14. The third-order valence-electron chi connectivity index (χ3n) is 6.90. The molecular weight excluding hydrogens is 651 g/mol. The van der Waals surface area contributed by atoms with Gasteiger partial charge < -0.3 is 53.2 Å². The summed E-state index contributed by atoms with van der Waals surface area (Å²) in [6.45, 7) is 6.14. The summed E-state index contributed by atoms with van der Waals surface area (Å²) in [6.07, 6.45) is 3.13. The highest BCUT2D eigenvalue weighted by Crippen LogP contribution is 2.12. The van der Waals surface area contributed by atoms with Crippen molar-refractivity contribution in [1.82, 2.24) is 0 Å². The van der Waals surface area contributed by atoms with Gasteiger partial charge in [0.25, 0.3) is 0 Å². The van der Waals surface area contributed by atoms with Crippen molar-refractivity contribution in [3.8, 4) is 0 Å². The maximum atomic E-state index is 6.02. The molecule has 0 aliphatic heterocycles. The third-order valence-corrected chi connectivity index (χ3v) is 7.66. The summed E-state index contributed by atoms with van der Waals surface area (Å²) in [5.41, 5.74) is 8.18. The molecule has 0 atom stereocenters. The van der Waals surface area contributed by atoms with E-state index in [4.69, 9.17) is 34.8 Å². The Kier molecular flexibility index (Phi) is 19.5. The second-order valence-electron chi connectivity index (χ2n) is 10.1. The molecule has 0 saturated carbocycles. The van der Waals surface area contributed by atoms with Crippen LogP contribution in [0.5, 0.6) is 0 Å². The lowest BCUT2D eigenvalue weighted by molar-refractivity contribution is -0.672. The smallest absolute Gasteiger partial charge is 0.101 e. The Hall–Kier alpha value is -1.50. The molecule has 3 nitrogen and oxygen atoms in total. The van der Waals surface area contributed by atoms with E-state index in [0.29, 0.717) is 0 Å². The first kappa shape index (κ1) is 38.5. The topological polar surface area (TPSA) is 49.8 Å². The van der Waals surface area contributed by atoms with E-state index < -0.39 is 0 Å². The Morgan fingerprint density at radius 2 is 0.595 bits per heavy atom. The van der Waals surface area contributed by atoms with Gasteiger partial charge in [-0.05, 0) is 71.3 Å². The predicted octanol–water partition coefficient (Wildman–Crippen LogP) is -4.42. The van der Waals surface area contributed by atoms with Crippen LogP contribution in [0.25, 0.3) is 0 Å². The average molecular weight is 690 g/mol. The van der Waals surface area contributed by atoms with Gasteiger partial charge in [-0.15, -0.1) is 0 Å². The van der Waals surface area contributed by atoms with Crippen LogP contribution in [-0.2, 0) is 38.9 Å². The summed E-state index contributed by atoms with van der Waals surface area (Å²) in [4.78, 5) is 0. The minimum absolute atomic E-state index is 0. The van der Waals surface area contributed by atoms with Crippen molar-refractivity contribution in [1.29, 1.82) is 0 Å². The first-order valence-electron chi connectivity index (χ1n) is 13.8. The molecule has 0 aliphatic rings. The van der Waals surface area contributed by atoms with E-state index >= 15 is 0 Å². The van der Waals surface area contributed by atoms with Crippen LogP contribution in [-0.4, -0.2) is 19.6 Å².